The lowest BCUT2D eigenvalue weighted by Gasteiger charge is -2.45. The predicted molar refractivity (Wildman–Crippen MR) is 140 cm³/mol. The van der Waals surface area contributed by atoms with E-state index in [0.717, 1.165) is 12.1 Å². The van der Waals surface area contributed by atoms with Gasteiger partial charge in [0.05, 0.1) is 13.2 Å². The average Bonchev–Trinajstić information content (AvgIpc) is 2.97. The van der Waals surface area contributed by atoms with E-state index in [1.807, 2.05) is 0 Å². The van der Waals surface area contributed by atoms with Crippen LogP contribution in [0, 0.1) is 0 Å². The maximum absolute atomic E-state index is 13.6. The van der Waals surface area contributed by atoms with Crippen molar-refractivity contribution in [2.75, 3.05) is 13.2 Å². The first-order valence-electron chi connectivity index (χ1n) is 13.0. The molecule has 0 saturated carbocycles. The molecule has 0 bridgehead atoms. The Morgan fingerprint density at radius 3 is 2.00 bits per heavy atom. The minimum absolute atomic E-state index is 0.116. The normalized spacial score (nSPS) is 33.0. The zero-order chi connectivity index (χ0) is 31.2. The van der Waals surface area contributed by atoms with Crippen molar-refractivity contribution >= 4 is 11.0 Å². The predicted octanol–water partition coefficient (Wildman–Crippen LogP) is -2.42. The Bertz CT molecular complexity index is 1490. The molecule has 2 aromatic carbocycles. The number of ether oxygens (including phenoxy) is 4. The summed E-state index contributed by atoms with van der Waals surface area (Å²) in [4.78, 5) is 13.6. The Kier molecular flexibility index (Phi) is 8.77. The van der Waals surface area contributed by atoms with E-state index in [2.05, 4.69) is 0 Å². The Hall–Kier alpha value is -3.55. The van der Waals surface area contributed by atoms with Crippen LogP contribution in [0.4, 0.5) is 0 Å². The number of aromatic hydroxyl groups is 3. The molecule has 5 rings (SSSR count). The number of hydrogen-bond acceptors (Lipinski definition) is 16. The first-order chi connectivity index (χ1) is 20.4. The van der Waals surface area contributed by atoms with E-state index in [4.69, 9.17) is 23.4 Å². The molecule has 234 valence electrons. The van der Waals surface area contributed by atoms with Crippen LogP contribution < -0.4 is 10.2 Å². The summed E-state index contributed by atoms with van der Waals surface area (Å²) in [7, 11) is 0. The molecule has 0 radical (unpaired) electrons. The highest BCUT2D eigenvalue weighted by atomic mass is 16.7. The van der Waals surface area contributed by atoms with E-state index in [9.17, 15) is 55.9 Å². The van der Waals surface area contributed by atoms with Crippen LogP contribution in [0.15, 0.2) is 45.6 Å². The standard InChI is InChI=1S/C27H30O16/c28-7-14-17(33)19(35)21(37)26(40-14)42-24-15(8-29)41-27(22(38)20(24)36)43-25-18(34)16-12(32)5-11(31)6-13(16)39-23(25)9-1-3-10(30)4-2-9/h1-6,14-15,17,19-22,24,26-33,35-38H,7-8H2/t14-,15-,17-,19+,20-,21-,22-,24-,26+,27+/m1/s1. The molecular weight excluding hydrogens is 580 g/mol. The summed E-state index contributed by atoms with van der Waals surface area (Å²) in [6.07, 6.45) is -17.4. The number of phenols is 3. The number of phenolic OH excluding ortho intramolecular Hbond substituents is 3. The van der Waals surface area contributed by atoms with Crippen LogP contribution >= 0.6 is 0 Å². The summed E-state index contributed by atoms with van der Waals surface area (Å²) in [6, 6.07) is 7.25. The van der Waals surface area contributed by atoms with Gasteiger partial charge in [-0.25, -0.2) is 0 Å². The van der Waals surface area contributed by atoms with Crippen molar-refractivity contribution in [3.63, 3.8) is 0 Å². The van der Waals surface area contributed by atoms with Gasteiger partial charge in [-0.15, -0.1) is 0 Å². The van der Waals surface area contributed by atoms with Gasteiger partial charge in [0.25, 0.3) is 0 Å². The highest BCUT2D eigenvalue weighted by molar-refractivity contribution is 5.88. The summed E-state index contributed by atoms with van der Waals surface area (Å²) < 4.78 is 27.9. The number of aliphatic hydroxyl groups is 7. The molecule has 2 aliphatic heterocycles. The van der Waals surface area contributed by atoms with Gasteiger partial charge in [-0.3, -0.25) is 4.79 Å². The number of rotatable bonds is 7. The average molecular weight is 611 g/mol. The molecular formula is C27H30O16. The van der Waals surface area contributed by atoms with Crippen LogP contribution in [0.3, 0.4) is 0 Å². The lowest BCUT2D eigenvalue weighted by molar-refractivity contribution is -0.352. The van der Waals surface area contributed by atoms with Crippen molar-refractivity contribution in [3.8, 4) is 34.3 Å². The van der Waals surface area contributed by atoms with Crippen LogP contribution in [0.2, 0.25) is 0 Å². The molecule has 3 heterocycles. The highest BCUT2D eigenvalue weighted by Crippen LogP contribution is 2.38. The molecule has 0 unspecified atom stereocenters. The Labute approximate surface area is 241 Å². The third-order valence-electron chi connectivity index (χ3n) is 7.24. The molecule has 16 heteroatoms. The van der Waals surface area contributed by atoms with Gasteiger partial charge in [0.15, 0.2) is 12.1 Å². The van der Waals surface area contributed by atoms with E-state index >= 15 is 0 Å². The second-order valence-electron chi connectivity index (χ2n) is 10.1. The van der Waals surface area contributed by atoms with Gasteiger partial charge in [0.2, 0.25) is 17.5 Å². The largest absolute Gasteiger partial charge is 0.508 e. The van der Waals surface area contributed by atoms with E-state index in [0.29, 0.717) is 0 Å². The van der Waals surface area contributed by atoms with E-state index in [1.165, 1.54) is 24.3 Å². The van der Waals surface area contributed by atoms with Gasteiger partial charge in [0, 0.05) is 17.7 Å². The van der Waals surface area contributed by atoms with Gasteiger partial charge >= 0.3 is 0 Å². The first-order valence-corrected chi connectivity index (χ1v) is 13.0. The lowest BCUT2D eigenvalue weighted by Crippen LogP contribution is -2.65. The SMILES string of the molecule is O=c1c(O[C@@H]2O[C@H](CO)[C@@H](O[C@@H]3O[C@H](CO)[C@@H](O)[C@H](O)[C@H]3O)[C@H](O)[C@H]2O)c(-c2ccc(O)cc2)oc2cc(O)cc(O)c12. The highest BCUT2D eigenvalue weighted by Gasteiger charge is 2.51. The molecule has 0 amide bonds. The zero-order valence-corrected chi connectivity index (χ0v) is 22.1. The van der Waals surface area contributed by atoms with Gasteiger partial charge in [-0.1, -0.05) is 0 Å². The molecule has 1 aromatic heterocycles. The zero-order valence-electron chi connectivity index (χ0n) is 22.1. The van der Waals surface area contributed by atoms with Crippen molar-refractivity contribution in [2.24, 2.45) is 0 Å². The van der Waals surface area contributed by atoms with Crippen molar-refractivity contribution < 1.29 is 74.4 Å². The van der Waals surface area contributed by atoms with Crippen LogP contribution in [0.5, 0.6) is 23.0 Å². The molecule has 10 N–H and O–H groups in total. The monoisotopic (exact) mass is 610 g/mol. The quantitative estimate of drug-likeness (QED) is 0.133. The second kappa shape index (κ2) is 12.2. The fourth-order valence-corrected chi connectivity index (χ4v) is 4.95. The molecule has 0 spiro atoms. The van der Waals surface area contributed by atoms with Gasteiger partial charge < -0.3 is 74.4 Å². The molecule has 43 heavy (non-hydrogen) atoms. The third kappa shape index (κ3) is 5.73. The van der Waals surface area contributed by atoms with Gasteiger partial charge in [-0.05, 0) is 24.3 Å². The van der Waals surface area contributed by atoms with Gasteiger partial charge in [0.1, 0.15) is 77.0 Å². The lowest BCUT2D eigenvalue weighted by atomic mass is 9.97. The molecule has 2 saturated heterocycles. The molecule has 3 aromatic rings. The van der Waals surface area contributed by atoms with Crippen LogP contribution in [-0.4, -0.2) is 126 Å². The fourth-order valence-electron chi connectivity index (χ4n) is 4.95. The summed E-state index contributed by atoms with van der Waals surface area (Å²) in [6.45, 7) is -1.62. The fraction of sp³-hybridized carbons (Fsp3) is 0.444. The van der Waals surface area contributed by atoms with E-state index in [1.54, 1.807) is 0 Å². The number of aliphatic hydroxyl groups excluding tert-OH is 7. The summed E-state index contributed by atoms with van der Waals surface area (Å²) >= 11 is 0. The number of benzene rings is 2. The summed E-state index contributed by atoms with van der Waals surface area (Å²) in [5.41, 5.74) is -1.01. The Morgan fingerprint density at radius 2 is 1.35 bits per heavy atom. The van der Waals surface area contributed by atoms with Crippen molar-refractivity contribution in [3.05, 3.63) is 46.6 Å². The summed E-state index contributed by atoms with van der Waals surface area (Å²) in [5.74, 6) is -2.07. The molecule has 2 aliphatic rings. The maximum atomic E-state index is 13.6. The maximum Gasteiger partial charge on any atom is 0.239 e. The second-order valence-corrected chi connectivity index (χ2v) is 10.1. The van der Waals surface area contributed by atoms with E-state index < -0.39 is 103 Å². The van der Waals surface area contributed by atoms with Crippen LogP contribution in [0.25, 0.3) is 22.3 Å². The van der Waals surface area contributed by atoms with Crippen LogP contribution in [-0.2, 0) is 14.2 Å². The Morgan fingerprint density at radius 1 is 0.721 bits per heavy atom. The summed E-state index contributed by atoms with van der Waals surface area (Å²) in [5, 5.41) is 101. The van der Waals surface area contributed by atoms with Crippen LogP contribution in [0.1, 0.15) is 0 Å². The molecule has 10 atom stereocenters. The number of fused-ring (bicyclic) bond motifs is 1. The molecule has 0 aliphatic carbocycles. The van der Waals surface area contributed by atoms with Crippen molar-refractivity contribution in [1.29, 1.82) is 0 Å². The molecule has 16 nitrogen and oxygen atoms in total. The van der Waals surface area contributed by atoms with E-state index in [-0.39, 0.29) is 22.7 Å². The Balaban J connectivity index is 1.47. The smallest absolute Gasteiger partial charge is 0.239 e. The number of hydrogen-bond donors (Lipinski definition) is 10. The van der Waals surface area contributed by atoms with Gasteiger partial charge in [-0.2, -0.15) is 0 Å². The van der Waals surface area contributed by atoms with Crippen molar-refractivity contribution in [1.82, 2.24) is 0 Å². The molecule has 2 fully saturated rings. The van der Waals surface area contributed by atoms with Crippen molar-refractivity contribution in [2.45, 2.75) is 61.4 Å². The third-order valence-corrected chi connectivity index (χ3v) is 7.24. The first kappa shape index (κ1) is 30.9. The topological polar surface area (TPSA) is 269 Å². The minimum Gasteiger partial charge on any atom is -0.508 e. The minimum atomic E-state index is -1.99.